The molecule has 0 bridgehead atoms. The highest BCUT2D eigenvalue weighted by atomic mass is 32.1. The van der Waals surface area contributed by atoms with Crippen molar-refractivity contribution < 1.29 is 0 Å². The van der Waals surface area contributed by atoms with Crippen molar-refractivity contribution >= 4 is 23.5 Å². The summed E-state index contributed by atoms with van der Waals surface area (Å²) in [7, 11) is 0. The molecule has 154 valence electrons. The Bertz CT molecular complexity index is 977. The number of nitrogens with zero attached hydrogens (tertiary/aromatic N) is 4. The average molecular weight is 419 g/mol. The van der Waals surface area contributed by atoms with Crippen LogP contribution in [0.4, 0.5) is 0 Å². The van der Waals surface area contributed by atoms with Gasteiger partial charge in [-0.05, 0) is 42.8 Å². The van der Waals surface area contributed by atoms with Crippen molar-refractivity contribution in [2.75, 3.05) is 0 Å². The largest absolute Gasteiger partial charge is 0.359 e. The van der Waals surface area contributed by atoms with Crippen molar-refractivity contribution in [3.05, 3.63) is 72.2 Å². The van der Waals surface area contributed by atoms with Crippen molar-refractivity contribution in [2.24, 2.45) is 5.10 Å². The molecule has 2 heterocycles. The predicted molar refractivity (Wildman–Crippen MR) is 124 cm³/mol. The van der Waals surface area contributed by atoms with E-state index in [1.165, 1.54) is 37.7 Å². The molecule has 0 saturated heterocycles. The lowest BCUT2D eigenvalue weighted by Crippen LogP contribution is -2.40. The number of rotatable bonds is 6. The maximum Gasteiger partial charge on any atom is 0.187 e. The summed E-state index contributed by atoms with van der Waals surface area (Å²) >= 11 is 5.40. The molecule has 3 aromatic rings. The molecule has 0 aliphatic heterocycles. The Balaban J connectivity index is 1.47. The van der Waals surface area contributed by atoms with E-state index in [2.05, 4.69) is 33.0 Å². The smallest absolute Gasteiger partial charge is 0.187 e. The van der Waals surface area contributed by atoms with Crippen LogP contribution in [0, 0.1) is 0 Å². The van der Waals surface area contributed by atoms with E-state index < -0.39 is 0 Å². The lowest BCUT2D eigenvalue weighted by atomic mass is 9.96. The van der Waals surface area contributed by atoms with Crippen LogP contribution in [-0.4, -0.2) is 32.1 Å². The lowest BCUT2D eigenvalue weighted by Gasteiger charge is -2.23. The fourth-order valence-corrected chi connectivity index (χ4v) is 3.95. The van der Waals surface area contributed by atoms with Gasteiger partial charge in [-0.2, -0.15) is 10.2 Å². The maximum atomic E-state index is 5.40. The Morgan fingerprint density at radius 1 is 1.13 bits per heavy atom. The third kappa shape index (κ3) is 5.51. The summed E-state index contributed by atoms with van der Waals surface area (Å²) in [6.45, 7) is 0.691. The normalized spacial score (nSPS) is 14.7. The number of benzene rings is 1. The number of pyridine rings is 1. The SMILES string of the molecule is S=C(N/N=C/c1cn(Cc2ccccc2)nc1-c1cccnc1)NC1CCCCC1. The van der Waals surface area contributed by atoms with Gasteiger partial charge in [-0.3, -0.25) is 15.1 Å². The fourth-order valence-electron chi connectivity index (χ4n) is 3.73. The summed E-state index contributed by atoms with van der Waals surface area (Å²) in [5.41, 5.74) is 6.85. The summed E-state index contributed by atoms with van der Waals surface area (Å²) in [4.78, 5) is 4.23. The lowest BCUT2D eigenvalue weighted by molar-refractivity contribution is 0.412. The van der Waals surface area contributed by atoms with Crippen LogP contribution in [0.15, 0.2) is 66.2 Å². The van der Waals surface area contributed by atoms with Crippen LogP contribution < -0.4 is 10.7 Å². The van der Waals surface area contributed by atoms with Crippen molar-refractivity contribution in [2.45, 2.75) is 44.7 Å². The topological polar surface area (TPSA) is 67.1 Å². The van der Waals surface area contributed by atoms with Crippen LogP contribution in [-0.2, 0) is 6.54 Å². The molecule has 0 radical (unpaired) electrons. The number of hydrogen-bond acceptors (Lipinski definition) is 4. The fraction of sp³-hybridized carbons (Fsp3) is 0.304. The van der Waals surface area contributed by atoms with Gasteiger partial charge in [0.05, 0.1) is 12.8 Å². The van der Waals surface area contributed by atoms with Gasteiger partial charge in [0, 0.05) is 35.8 Å². The van der Waals surface area contributed by atoms with Gasteiger partial charge >= 0.3 is 0 Å². The second-order valence-corrected chi connectivity index (χ2v) is 7.94. The van der Waals surface area contributed by atoms with E-state index in [1.807, 2.05) is 47.4 Å². The highest BCUT2D eigenvalue weighted by Gasteiger charge is 2.14. The molecule has 0 atom stereocenters. The standard InChI is InChI=1S/C23H26N6S/c30-23(26-21-11-5-2-6-12-21)27-25-15-20-17-29(16-18-8-3-1-4-9-18)28-22(20)19-10-7-13-24-14-19/h1,3-4,7-10,13-15,17,21H,2,5-6,11-12,16H2,(H2,26,27,30)/b25-15+. The van der Waals surface area contributed by atoms with E-state index in [-0.39, 0.29) is 0 Å². The van der Waals surface area contributed by atoms with E-state index in [1.54, 1.807) is 12.4 Å². The maximum absolute atomic E-state index is 5.40. The zero-order chi connectivity index (χ0) is 20.6. The van der Waals surface area contributed by atoms with E-state index in [0.717, 1.165) is 16.8 Å². The molecule has 1 aliphatic carbocycles. The van der Waals surface area contributed by atoms with Crippen LogP contribution in [0.2, 0.25) is 0 Å². The first-order valence-corrected chi connectivity index (χ1v) is 10.8. The first kappa shape index (κ1) is 20.2. The van der Waals surface area contributed by atoms with Crippen LogP contribution >= 0.6 is 12.2 Å². The summed E-state index contributed by atoms with van der Waals surface area (Å²) in [5, 5.41) is 13.1. The highest BCUT2D eigenvalue weighted by Crippen LogP contribution is 2.20. The summed E-state index contributed by atoms with van der Waals surface area (Å²) in [5.74, 6) is 0. The van der Waals surface area contributed by atoms with Gasteiger partial charge in [-0.1, -0.05) is 49.6 Å². The molecule has 4 rings (SSSR count). The Labute approximate surface area is 182 Å². The Hall–Kier alpha value is -3.06. The summed E-state index contributed by atoms with van der Waals surface area (Å²) in [6.07, 6.45) is 13.5. The van der Waals surface area contributed by atoms with E-state index >= 15 is 0 Å². The number of hydrazone groups is 1. The molecule has 1 aliphatic rings. The van der Waals surface area contributed by atoms with E-state index in [0.29, 0.717) is 17.7 Å². The minimum atomic E-state index is 0.452. The molecular weight excluding hydrogens is 392 g/mol. The molecule has 7 heteroatoms. The predicted octanol–water partition coefficient (Wildman–Crippen LogP) is 4.12. The van der Waals surface area contributed by atoms with Gasteiger partial charge in [0.15, 0.2) is 5.11 Å². The number of aromatic nitrogens is 3. The minimum Gasteiger partial charge on any atom is -0.359 e. The van der Waals surface area contributed by atoms with E-state index in [4.69, 9.17) is 17.3 Å². The quantitative estimate of drug-likeness (QED) is 0.358. The number of thiocarbonyl (C=S) groups is 1. The zero-order valence-electron chi connectivity index (χ0n) is 16.9. The summed E-state index contributed by atoms with van der Waals surface area (Å²) < 4.78 is 1.93. The average Bonchev–Trinajstić information content (AvgIpc) is 3.18. The van der Waals surface area contributed by atoms with Gasteiger partial charge < -0.3 is 5.32 Å². The molecule has 1 saturated carbocycles. The zero-order valence-corrected chi connectivity index (χ0v) is 17.7. The Kier molecular flexibility index (Phi) is 6.82. The molecule has 0 unspecified atom stereocenters. The van der Waals surface area contributed by atoms with Crippen LogP contribution in [0.5, 0.6) is 0 Å². The molecule has 0 amide bonds. The van der Waals surface area contributed by atoms with Crippen LogP contribution in [0.3, 0.4) is 0 Å². The van der Waals surface area contributed by atoms with E-state index in [9.17, 15) is 0 Å². The van der Waals surface area contributed by atoms with Gasteiger partial charge in [-0.25, -0.2) is 0 Å². The highest BCUT2D eigenvalue weighted by molar-refractivity contribution is 7.80. The molecule has 30 heavy (non-hydrogen) atoms. The molecular formula is C23H26N6S. The second-order valence-electron chi connectivity index (χ2n) is 7.54. The summed E-state index contributed by atoms with van der Waals surface area (Å²) in [6, 6.07) is 14.6. The Morgan fingerprint density at radius 2 is 1.97 bits per heavy atom. The van der Waals surface area contributed by atoms with Crippen LogP contribution in [0.25, 0.3) is 11.3 Å². The van der Waals surface area contributed by atoms with Gasteiger partial charge in [0.2, 0.25) is 0 Å². The van der Waals surface area contributed by atoms with Crippen LogP contribution in [0.1, 0.15) is 43.2 Å². The van der Waals surface area contributed by atoms with Crippen molar-refractivity contribution in [3.63, 3.8) is 0 Å². The van der Waals surface area contributed by atoms with Crippen molar-refractivity contribution in [1.29, 1.82) is 0 Å². The third-order valence-electron chi connectivity index (χ3n) is 5.22. The first-order valence-electron chi connectivity index (χ1n) is 10.4. The third-order valence-corrected chi connectivity index (χ3v) is 5.43. The van der Waals surface area contributed by atoms with Gasteiger partial charge in [-0.15, -0.1) is 0 Å². The number of nitrogens with one attached hydrogen (secondary N) is 2. The molecule has 1 aromatic carbocycles. The van der Waals surface area contributed by atoms with Gasteiger partial charge in [0.25, 0.3) is 0 Å². The van der Waals surface area contributed by atoms with Gasteiger partial charge in [0.1, 0.15) is 5.69 Å². The molecule has 2 aromatic heterocycles. The monoisotopic (exact) mass is 418 g/mol. The molecule has 1 fully saturated rings. The van der Waals surface area contributed by atoms with Crippen molar-refractivity contribution in [3.8, 4) is 11.3 Å². The van der Waals surface area contributed by atoms with Crippen molar-refractivity contribution in [1.82, 2.24) is 25.5 Å². The Morgan fingerprint density at radius 3 is 2.73 bits per heavy atom. The second kappa shape index (κ2) is 10.1. The molecule has 6 nitrogen and oxygen atoms in total. The first-order chi connectivity index (χ1) is 14.8. The minimum absolute atomic E-state index is 0.452. The molecule has 2 N–H and O–H groups in total. The molecule has 0 spiro atoms. The number of hydrogen-bond donors (Lipinski definition) is 2.